The van der Waals surface area contributed by atoms with Crippen LogP contribution in [0.3, 0.4) is 0 Å². The number of aromatic nitrogens is 2. The van der Waals surface area contributed by atoms with Crippen LogP contribution in [0.25, 0.3) is 5.69 Å². The largest absolute Gasteiger partial charge is 0.493 e. The van der Waals surface area contributed by atoms with E-state index in [-0.39, 0.29) is 17.4 Å². The number of methoxy groups -OCH3 is 1. The molecule has 0 radical (unpaired) electrons. The van der Waals surface area contributed by atoms with Gasteiger partial charge < -0.3 is 14.8 Å². The predicted octanol–water partition coefficient (Wildman–Crippen LogP) is 4.33. The monoisotopic (exact) mass is 427 g/mol. The van der Waals surface area contributed by atoms with Crippen molar-refractivity contribution in [3.8, 4) is 17.2 Å². The highest BCUT2D eigenvalue weighted by Gasteiger charge is 2.29. The van der Waals surface area contributed by atoms with Crippen molar-refractivity contribution in [2.45, 2.75) is 31.8 Å². The highest BCUT2D eigenvalue weighted by atomic mass is 19.3. The molecule has 8 heteroatoms. The summed E-state index contributed by atoms with van der Waals surface area (Å²) in [6.07, 6.45) is 2.70. The van der Waals surface area contributed by atoms with Crippen LogP contribution >= 0.6 is 0 Å². The van der Waals surface area contributed by atoms with Crippen LogP contribution in [-0.2, 0) is 6.42 Å². The van der Waals surface area contributed by atoms with Gasteiger partial charge in [0.2, 0.25) is 0 Å². The fourth-order valence-corrected chi connectivity index (χ4v) is 3.38. The maximum atomic E-state index is 12.9. The summed E-state index contributed by atoms with van der Waals surface area (Å²) < 4.78 is 36.2. The Hall–Kier alpha value is -3.42. The van der Waals surface area contributed by atoms with E-state index >= 15 is 0 Å². The van der Waals surface area contributed by atoms with Crippen molar-refractivity contribution in [3.05, 3.63) is 71.5 Å². The molecule has 1 N–H and O–H groups in total. The van der Waals surface area contributed by atoms with Gasteiger partial charge in [0.15, 0.2) is 11.5 Å². The third-order valence-corrected chi connectivity index (χ3v) is 5.10. The Morgan fingerprint density at radius 1 is 1.16 bits per heavy atom. The van der Waals surface area contributed by atoms with E-state index in [1.807, 2.05) is 36.4 Å². The molecule has 6 nitrogen and oxygen atoms in total. The Kier molecular flexibility index (Phi) is 6.16. The van der Waals surface area contributed by atoms with Crippen molar-refractivity contribution >= 4 is 5.91 Å². The van der Waals surface area contributed by atoms with Crippen LogP contribution in [-0.4, -0.2) is 36.0 Å². The molecule has 0 saturated heterocycles. The van der Waals surface area contributed by atoms with Gasteiger partial charge in [-0.2, -0.15) is 13.9 Å². The first kappa shape index (κ1) is 20.8. The topological polar surface area (TPSA) is 65.4 Å². The van der Waals surface area contributed by atoms with E-state index in [1.165, 1.54) is 13.2 Å². The molecule has 0 aliphatic heterocycles. The van der Waals surface area contributed by atoms with Crippen molar-refractivity contribution in [2.75, 3.05) is 13.7 Å². The second-order valence-electron chi connectivity index (χ2n) is 7.35. The minimum absolute atomic E-state index is 0.0235. The number of carbonyl (C=O) groups is 1. The smallest absolute Gasteiger partial charge is 0.387 e. The molecule has 0 spiro atoms. The Balaban J connectivity index is 1.44. The van der Waals surface area contributed by atoms with Gasteiger partial charge in [-0.15, -0.1) is 0 Å². The molecular weight excluding hydrogens is 404 g/mol. The molecule has 1 heterocycles. The van der Waals surface area contributed by atoms with Crippen molar-refractivity contribution < 1.29 is 23.0 Å². The molecular formula is C23H23F2N3O3. The number of hydrogen-bond donors (Lipinski definition) is 1. The first-order valence-electron chi connectivity index (χ1n) is 10.1. The summed E-state index contributed by atoms with van der Waals surface area (Å²) in [4.78, 5) is 12.9. The fourth-order valence-electron chi connectivity index (χ4n) is 3.38. The van der Waals surface area contributed by atoms with Gasteiger partial charge in [-0.05, 0) is 55.2 Å². The second kappa shape index (κ2) is 9.16. The van der Waals surface area contributed by atoms with E-state index in [0.29, 0.717) is 24.6 Å². The Morgan fingerprint density at radius 3 is 2.61 bits per heavy atom. The zero-order valence-electron chi connectivity index (χ0n) is 17.1. The number of rotatable bonds is 9. The number of benzene rings is 2. The van der Waals surface area contributed by atoms with E-state index in [1.54, 1.807) is 16.8 Å². The maximum absolute atomic E-state index is 12.9. The number of halogens is 2. The highest BCUT2D eigenvalue weighted by Crippen LogP contribution is 2.39. The van der Waals surface area contributed by atoms with Gasteiger partial charge in [0.1, 0.15) is 5.69 Å². The zero-order chi connectivity index (χ0) is 21.8. The van der Waals surface area contributed by atoms with Gasteiger partial charge in [-0.1, -0.05) is 24.3 Å². The molecule has 162 valence electrons. The van der Waals surface area contributed by atoms with Gasteiger partial charge in [0.05, 0.1) is 18.5 Å². The first-order chi connectivity index (χ1) is 15.0. The average Bonchev–Trinajstić information content (AvgIpc) is 3.53. The molecule has 3 aromatic rings. The van der Waals surface area contributed by atoms with Crippen LogP contribution in [0.15, 0.2) is 54.6 Å². The number of nitrogens with one attached hydrogen (secondary N) is 1. The number of ether oxygens (including phenoxy) is 2. The summed E-state index contributed by atoms with van der Waals surface area (Å²) in [5.74, 6) is 0.413. The fraction of sp³-hybridized carbons (Fsp3) is 0.304. The summed E-state index contributed by atoms with van der Waals surface area (Å²) in [5, 5.41) is 7.57. The van der Waals surface area contributed by atoms with Gasteiger partial charge in [-0.25, -0.2) is 4.68 Å². The van der Waals surface area contributed by atoms with Crippen molar-refractivity contribution in [1.82, 2.24) is 15.1 Å². The standard InChI is InChI=1S/C23H23F2N3O3/c1-30-21-13-15(7-10-20(21)31-23(24)25)11-12-26-22(29)19-14-18(16-8-9-16)27-28(19)17-5-3-2-4-6-17/h2-7,10,13-14,16,23H,8-9,11-12H2,1H3,(H,26,29). The predicted molar refractivity (Wildman–Crippen MR) is 111 cm³/mol. The van der Waals surface area contributed by atoms with Crippen LogP contribution in [0.4, 0.5) is 8.78 Å². The Bertz CT molecular complexity index is 1050. The lowest BCUT2D eigenvalue weighted by molar-refractivity contribution is -0.0512. The number of para-hydroxylation sites is 1. The maximum Gasteiger partial charge on any atom is 0.387 e. The van der Waals surface area contributed by atoms with Gasteiger partial charge in [0, 0.05) is 12.5 Å². The van der Waals surface area contributed by atoms with Crippen LogP contribution in [0.2, 0.25) is 0 Å². The average molecular weight is 427 g/mol. The van der Waals surface area contributed by atoms with Crippen molar-refractivity contribution in [3.63, 3.8) is 0 Å². The number of amides is 1. The van der Waals surface area contributed by atoms with Crippen LogP contribution in [0, 0.1) is 0 Å². The SMILES string of the molecule is COc1cc(CCNC(=O)c2cc(C3CC3)nn2-c2ccccc2)ccc1OC(F)F. The molecule has 1 aromatic heterocycles. The molecule has 4 rings (SSSR count). The van der Waals surface area contributed by atoms with E-state index < -0.39 is 6.61 Å². The Labute approximate surface area is 178 Å². The Morgan fingerprint density at radius 2 is 1.94 bits per heavy atom. The van der Waals surface area contributed by atoms with Crippen LogP contribution in [0.5, 0.6) is 11.5 Å². The van der Waals surface area contributed by atoms with Gasteiger partial charge in [-0.3, -0.25) is 4.79 Å². The first-order valence-corrected chi connectivity index (χ1v) is 10.1. The molecule has 1 saturated carbocycles. The van der Waals surface area contributed by atoms with E-state index in [9.17, 15) is 13.6 Å². The van der Waals surface area contributed by atoms with E-state index in [0.717, 1.165) is 29.8 Å². The lowest BCUT2D eigenvalue weighted by atomic mass is 10.1. The molecule has 0 unspecified atom stereocenters. The van der Waals surface area contributed by atoms with Crippen LogP contribution in [0.1, 0.15) is 40.5 Å². The minimum atomic E-state index is -2.92. The zero-order valence-corrected chi connectivity index (χ0v) is 17.1. The molecule has 1 aliphatic rings. The lowest BCUT2D eigenvalue weighted by Gasteiger charge is -2.12. The van der Waals surface area contributed by atoms with Crippen molar-refractivity contribution in [2.24, 2.45) is 0 Å². The molecule has 2 aromatic carbocycles. The summed E-state index contributed by atoms with van der Waals surface area (Å²) in [6.45, 7) is -2.55. The molecule has 1 fully saturated rings. The number of alkyl halides is 2. The molecule has 1 amide bonds. The number of carbonyl (C=O) groups excluding carboxylic acids is 1. The highest BCUT2D eigenvalue weighted by molar-refractivity contribution is 5.93. The molecule has 1 aliphatic carbocycles. The van der Waals surface area contributed by atoms with Gasteiger partial charge >= 0.3 is 6.61 Å². The second-order valence-corrected chi connectivity index (χ2v) is 7.35. The van der Waals surface area contributed by atoms with Crippen LogP contribution < -0.4 is 14.8 Å². The number of nitrogens with zero attached hydrogens (tertiary/aromatic N) is 2. The molecule has 31 heavy (non-hydrogen) atoms. The van der Waals surface area contributed by atoms with E-state index in [4.69, 9.17) is 4.74 Å². The summed E-state index contributed by atoms with van der Waals surface area (Å²) in [5.41, 5.74) is 3.09. The van der Waals surface area contributed by atoms with Crippen molar-refractivity contribution in [1.29, 1.82) is 0 Å². The van der Waals surface area contributed by atoms with Gasteiger partial charge in [0.25, 0.3) is 5.91 Å². The third-order valence-electron chi connectivity index (χ3n) is 5.10. The quantitative estimate of drug-likeness (QED) is 0.552. The van der Waals surface area contributed by atoms with E-state index in [2.05, 4.69) is 15.2 Å². The lowest BCUT2D eigenvalue weighted by Crippen LogP contribution is -2.27. The third kappa shape index (κ3) is 5.02. The summed E-state index contributed by atoms with van der Waals surface area (Å²) in [7, 11) is 1.39. The molecule has 0 bridgehead atoms. The summed E-state index contributed by atoms with van der Waals surface area (Å²) in [6, 6.07) is 16.2. The number of hydrogen-bond acceptors (Lipinski definition) is 4. The minimum Gasteiger partial charge on any atom is -0.493 e. The normalized spacial score (nSPS) is 13.3. The molecule has 0 atom stereocenters. The summed E-state index contributed by atoms with van der Waals surface area (Å²) >= 11 is 0.